The van der Waals surface area contributed by atoms with Gasteiger partial charge in [0.1, 0.15) is 6.10 Å². The number of amides is 1. The molecule has 0 aromatic rings. The molecule has 1 aliphatic heterocycles. The van der Waals surface area contributed by atoms with Crippen LogP contribution in [0.25, 0.3) is 0 Å². The van der Waals surface area contributed by atoms with Gasteiger partial charge in [0, 0.05) is 13.0 Å². The Bertz CT molecular complexity index is 264. The van der Waals surface area contributed by atoms with Gasteiger partial charge in [-0.2, -0.15) is 0 Å². The Kier molecular flexibility index (Phi) is 4.30. The molecule has 1 saturated heterocycles. The number of nitrogens with zero attached hydrogens (tertiary/aromatic N) is 1. The van der Waals surface area contributed by atoms with E-state index in [4.69, 9.17) is 9.84 Å². The normalized spacial score (nSPS) is 21.1. The minimum atomic E-state index is -1.00. The van der Waals surface area contributed by atoms with E-state index in [0.29, 0.717) is 19.4 Å². The third kappa shape index (κ3) is 3.36. The number of hydrogen-bond acceptors (Lipinski definition) is 3. The zero-order chi connectivity index (χ0) is 11.3. The fourth-order valence-electron chi connectivity index (χ4n) is 1.42. The van der Waals surface area contributed by atoms with Crippen LogP contribution in [0.2, 0.25) is 0 Å². The summed E-state index contributed by atoms with van der Waals surface area (Å²) in [6, 6.07) is 0. The van der Waals surface area contributed by atoms with Crippen LogP contribution in [0.3, 0.4) is 0 Å². The van der Waals surface area contributed by atoms with E-state index in [9.17, 15) is 9.59 Å². The highest BCUT2D eigenvalue weighted by Gasteiger charge is 2.28. The highest BCUT2D eigenvalue weighted by Crippen LogP contribution is 2.09. The summed E-state index contributed by atoms with van der Waals surface area (Å²) in [5.74, 6) is -0.0548. The van der Waals surface area contributed by atoms with Gasteiger partial charge in [0.25, 0.3) is 0 Å². The minimum Gasteiger partial charge on any atom is -0.465 e. The molecule has 0 aromatic carbocycles. The lowest BCUT2D eigenvalue weighted by molar-refractivity contribution is -0.135. The van der Waals surface area contributed by atoms with Crippen LogP contribution in [0.4, 0.5) is 4.79 Å². The molecule has 0 aliphatic carbocycles. The largest absolute Gasteiger partial charge is 0.465 e. The highest BCUT2D eigenvalue weighted by atomic mass is 16.5. The van der Waals surface area contributed by atoms with Crippen LogP contribution in [-0.4, -0.2) is 47.7 Å². The van der Waals surface area contributed by atoms with Gasteiger partial charge in [0.15, 0.2) is 5.78 Å². The van der Waals surface area contributed by atoms with Crippen LogP contribution in [0.15, 0.2) is 12.7 Å². The Morgan fingerprint density at radius 3 is 2.93 bits per heavy atom. The van der Waals surface area contributed by atoms with E-state index < -0.39 is 12.2 Å². The summed E-state index contributed by atoms with van der Waals surface area (Å²) < 4.78 is 5.23. The van der Waals surface area contributed by atoms with Crippen LogP contribution in [0, 0.1) is 0 Å². The lowest BCUT2D eigenvalue weighted by Crippen LogP contribution is -2.48. The molecule has 15 heavy (non-hydrogen) atoms. The van der Waals surface area contributed by atoms with E-state index in [-0.39, 0.29) is 18.9 Å². The predicted molar refractivity (Wildman–Crippen MR) is 53.8 cm³/mol. The number of rotatable bonds is 4. The van der Waals surface area contributed by atoms with Crippen molar-refractivity contribution in [3.63, 3.8) is 0 Å². The second kappa shape index (κ2) is 5.50. The second-order valence-electron chi connectivity index (χ2n) is 3.38. The number of carbonyl (C=O) groups excluding carboxylic acids is 1. The summed E-state index contributed by atoms with van der Waals surface area (Å²) in [5, 5.41) is 8.76. The molecular formula is C10H15NO4. The maximum absolute atomic E-state index is 11.5. The fraction of sp³-hybridized carbons (Fsp3) is 0.600. The maximum atomic E-state index is 11.5. The summed E-state index contributed by atoms with van der Waals surface area (Å²) >= 11 is 0. The number of Topliss-reactive ketones (excluding diaryl/α,β-unsaturated/α-hetero) is 1. The minimum absolute atomic E-state index is 0.0548. The highest BCUT2D eigenvalue weighted by molar-refractivity contribution is 5.84. The van der Waals surface area contributed by atoms with Gasteiger partial charge in [-0.15, -0.1) is 6.58 Å². The molecule has 0 spiro atoms. The van der Waals surface area contributed by atoms with Crippen LogP contribution < -0.4 is 0 Å². The molecule has 1 heterocycles. The van der Waals surface area contributed by atoms with Crippen molar-refractivity contribution in [3.05, 3.63) is 12.7 Å². The molecule has 0 saturated carbocycles. The molecule has 0 radical (unpaired) electrons. The molecule has 5 nitrogen and oxygen atoms in total. The van der Waals surface area contributed by atoms with Crippen LogP contribution in [0.1, 0.15) is 12.8 Å². The maximum Gasteiger partial charge on any atom is 0.407 e. The van der Waals surface area contributed by atoms with Gasteiger partial charge in [0.2, 0.25) is 0 Å². The standard InChI is InChI=1S/C10H15NO4/c1-2-3-4-8(12)9-7-11(10(13)14)5-6-15-9/h2,9H,1,3-7H2,(H,13,14)/t9-/m1/s1. The Balaban J connectivity index is 2.44. The first kappa shape index (κ1) is 11.7. The number of allylic oxidation sites excluding steroid dienone is 1. The van der Waals surface area contributed by atoms with Gasteiger partial charge in [-0.3, -0.25) is 4.79 Å². The van der Waals surface area contributed by atoms with Crippen molar-refractivity contribution in [3.8, 4) is 0 Å². The van der Waals surface area contributed by atoms with Crippen molar-refractivity contribution in [2.75, 3.05) is 19.7 Å². The lowest BCUT2D eigenvalue weighted by atomic mass is 10.1. The van der Waals surface area contributed by atoms with E-state index in [0.717, 1.165) is 0 Å². The van der Waals surface area contributed by atoms with Crippen LogP contribution >= 0.6 is 0 Å². The number of carboxylic acid groups (broad SMARTS) is 1. The summed E-state index contributed by atoms with van der Waals surface area (Å²) in [7, 11) is 0. The molecule has 1 fully saturated rings. The molecule has 1 amide bonds. The monoisotopic (exact) mass is 213 g/mol. The van der Waals surface area contributed by atoms with Gasteiger partial charge in [-0.25, -0.2) is 4.79 Å². The first-order valence-corrected chi connectivity index (χ1v) is 4.88. The van der Waals surface area contributed by atoms with Crippen molar-refractivity contribution in [2.24, 2.45) is 0 Å². The van der Waals surface area contributed by atoms with Gasteiger partial charge in [-0.1, -0.05) is 6.08 Å². The van der Waals surface area contributed by atoms with Crippen LogP contribution in [0.5, 0.6) is 0 Å². The summed E-state index contributed by atoms with van der Waals surface area (Å²) in [6.07, 6.45) is 1.03. The van der Waals surface area contributed by atoms with Gasteiger partial charge >= 0.3 is 6.09 Å². The number of hydrogen-bond donors (Lipinski definition) is 1. The molecule has 1 N–H and O–H groups in total. The van der Waals surface area contributed by atoms with Crippen molar-refractivity contribution >= 4 is 11.9 Å². The summed E-state index contributed by atoms with van der Waals surface area (Å²) in [4.78, 5) is 23.4. The molecule has 1 rings (SSSR count). The Morgan fingerprint density at radius 1 is 1.60 bits per heavy atom. The molecule has 5 heteroatoms. The smallest absolute Gasteiger partial charge is 0.407 e. The molecule has 0 aromatic heterocycles. The lowest BCUT2D eigenvalue weighted by Gasteiger charge is -2.30. The van der Waals surface area contributed by atoms with E-state index in [1.165, 1.54) is 4.90 Å². The zero-order valence-electron chi connectivity index (χ0n) is 8.52. The fourth-order valence-corrected chi connectivity index (χ4v) is 1.42. The predicted octanol–water partition coefficient (Wildman–Crippen LogP) is 0.901. The molecule has 84 valence electrons. The SMILES string of the molecule is C=CCCC(=O)[C@H]1CN(C(=O)O)CCO1. The summed E-state index contributed by atoms with van der Waals surface area (Å²) in [5.41, 5.74) is 0. The Morgan fingerprint density at radius 2 is 2.33 bits per heavy atom. The van der Waals surface area contributed by atoms with Gasteiger partial charge in [0.05, 0.1) is 13.2 Å². The van der Waals surface area contributed by atoms with Crippen molar-refractivity contribution < 1.29 is 19.4 Å². The molecule has 0 bridgehead atoms. The van der Waals surface area contributed by atoms with E-state index in [1.807, 2.05) is 0 Å². The van der Waals surface area contributed by atoms with Crippen molar-refractivity contribution in [1.29, 1.82) is 0 Å². The van der Waals surface area contributed by atoms with Crippen LogP contribution in [-0.2, 0) is 9.53 Å². The number of ether oxygens (including phenoxy) is 1. The van der Waals surface area contributed by atoms with E-state index >= 15 is 0 Å². The van der Waals surface area contributed by atoms with E-state index in [1.54, 1.807) is 6.08 Å². The zero-order valence-corrected chi connectivity index (χ0v) is 8.52. The average Bonchev–Trinajstić information content (AvgIpc) is 2.26. The molecule has 1 atom stereocenters. The third-order valence-corrected chi connectivity index (χ3v) is 2.29. The first-order chi connectivity index (χ1) is 7.15. The van der Waals surface area contributed by atoms with Crippen molar-refractivity contribution in [2.45, 2.75) is 18.9 Å². The van der Waals surface area contributed by atoms with Gasteiger partial charge < -0.3 is 14.7 Å². The summed E-state index contributed by atoms with van der Waals surface area (Å²) in [6.45, 7) is 4.29. The third-order valence-electron chi connectivity index (χ3n) is 2.29. The quantitative estimate of drug-likeness (QED) is 0.704. The molecule has 0 unspecified atom stereocenters. The first-order valence-electron chi connectivity index (χ1n) is 4.88. The Hall–Kier alpha value is -1.36. The topological polar surface area (TPSA) is 66.8 Å². The van der Waals surface area contributed by atoms with E-state index in [2.05, 4.69) is 6.58 Å². The number of carbonyl (C=O) groups is 2. The van der Waals surface area contributed by atoms with Crippen molar-refractivity contribution in [1.82, 2.24) is 4.90 Å². The second-order valence-corrected chi connectivity index (χ2v) is 3.38. The number of morpholine rings is 1. The average molecular weight is 213 g/mol. The Labute approximate surface area is 88.3 Å². The molecular weight excluding hydrogens is 198 g/mol. The molecule has 1 aliphatic rings. The number of ketones is 1. The van der Waals surface area contributed by atoms with Gasteiger partial charge in [-0.05, 0) is 6.42 Å².